The molecule has 1 amide bonds. The highest BCUT2D eigenvalue weighted by atomic mass is 35.5. The van der Waals surface area contributed by atoms with E-state index in [2.05, 4.69) is 35.9 Å². The van der Waals surface area contributed by atoms with Crippen LogP contribution in [0.25, 0.3) is 11.0 Å². The van der Waals surface area contributed by atoms with Gasteiger partial charge in [-0.2, -0.15) is 0 Å². The Morgan fingerprint density at radius 3 is 1.76 bits per heavy atom. The summed E-state index contributed by atoms with van der Waals surface area (Å²) in [6, 6.07) is 4.98. The van der Waals surface area contributed by atoms with Crippen molar-refractivity contribution >= 4 is 126 Å². The maximum Gasteiger partial charge on any atom is 0.224 e. The number of nitrogen functional groups attached to an aromatic ring is 1. The van der Waals surface area contributed by atoms with Gasteiger partial charge in [-0.15, -0.1) is 0 Å². The number of rotatable bonds is 6. The average molecular weight is 763 g/mol. The van der Waals surface area contributed by atoms with Crippen molar-refractivity contribution in [3.05, 3.63) is 54.9 Å². The number of hydrogen-bond acceptors (Lipinski definition) is 9. The van der Waals surface area contributed by atoms with Crippen LogP contribution in [0.3, 0.4) is 0 Å². The van der Waals surface area contributed by atoms with E-state index in [1.54, 1.807) is 46.1 Å². The van der Waals surface area contributed by atoms with Crippen LogP contribution in [-0.4, -0.2) is 49.7 Å². The van der Waals surface area contributed by atoms with Gasteiger partial charge in [0.2, 0.25) is 11.1 Å². The largest absolute Gasteiger partial charge is 0.395 e. The van der Waals surface area contributed by atoms with Crippen LogP contribution in [0.2, 0.25) is 30.9 Å². The van der Waals surface area contributed by atoms with Crippen LogP contribution >= 0.6 is 81.2 Å². The number of aromatic nitrogens is 5. The fraction of sp³-hybridized carbons (Fsp3) is 0.333. The van der Waals surface area contributed by atoms with Crippen LogP contribution in [0.15, 0.2) is 18.2 Å². The third-order valence-electron chi connectivity index (χ3n) is 5.53. The first-order valence-corrected chi connectivity index (χ1v) is 15.8. The SMILES string of the molecule is CCC(=O)Cl.CCC(=O)Nc1c(NC)cc(Cl)nc1Cl.CCc1nc2c(Cl)nc(Cl)cc2n1C.CNc1cc(Cl)nc(Cl)c1N. The third kappa shape index (κ3) is 12.7. The average Bonchev–Trinajstić information content (AvgIpc) is 3.32. The van der Waals surface area contributed by atoms with Crippen molar-refractivity contribution in [1.29, 1.82) is 0 Å². The van der Waals surface area contributed by atoms with Gasteiger partial charge in [-0.3, -0.25) is 9.59 Å². The molecule has 45 heavy (non-hydrogen) atoms. The summed E-state index contributed by atoms with van der Waals surface area (Å²) in [5, 5.41) is 9.87. The summed E-state index contributed by atoms with van der Waals surface area (Å²) in [7, 11) is 5.39. The lowest BCUT2D eigenvalue weighted by atomic mass is 10.3. The van der Waals surface area contributed by atoms with Crippen molar-refractivity contribution in [2.75, 3.05) is 35.8 Å². The highest BCUT2D eigenvalue weighted by Gasteiger charge is 2.12. The van der Waals surface area contributed by atoms with Gasteiger partial charge in [0.25, 0.3) is 0 Å². The number of nitrogens with two attached hydrogens (primary N) is 1. The number of halogens is 7. The van der Waals surface area contributed by atoms with E-state index < -0.39 is 0 Å². The molecule has 4 heterocycles. The van der Waals surface area contributed by atoms with Gasteiger partial charge in [0, 0.05) is 58.6 Å². The van der Waals surface area contributed by atoms with E-state index in [0.29, 0.717) is 51.1 Å². The first kappa shape index (κ1) is 40.5. The number of aryl methyl sites for hydroxylation is 2. The minimum atomic E-state index is -0.273. The second kappa shape index (κ2) is 19.9. The van der Waals surface area contributed by atoms with Crippen molar-refractivity contribution < 1.29 is 9.59 Å². The number of hydrogen-bond donors (Lipinski definition) is 4. The van der Waals surface area contributed by atoms with Crippen LogP contribution < -0.4 is 21.7 Å². The second-order valence-electron chi connectivity index (χ2n) is 8.51. The quantitative estimate of drug-likeness (QED) is 0.112. The molecule has 5 N–H and O–H groups in total. The number of carbonyl (C=O) groups excluding carboxylic acids is 2. The maximum atomic E-state index is 11.2. The summed E-state index contributed by atoms with van der Waals surface area (Å²) in [5.41, 5.74) is 9.39. The Balaban J connectivity index is 0.000000317. The molecule has 4 rings (SSSR count). The molecule has 0 bridgehead atoms. The number of imidazole rings is 1. The lowest BCUT2D eigenvalue weighted by molar-refractivity contribution is -0.116. The minimum absolute atomic E-state index is 0.127. The van der Waals surface area contributed by atoms with E-state index >= 15 is 0 Å². The molecule has 18 heteroatoms. The molecule has 4 aromatic heterocycles. The number of pyridine rings is 3. The highest BCUT2D eigenvalue weighted by Crippen LogP contribution is 2.31. The Labute approximate surface area is 296 Å². The Morgan fingerprint density at radius 1 is 0.778 bits per heavy atom. The van der Waals surface area contributed by atoms with Crippen molar-refractivity contribution in [3.63, 3.8) is 0 Å². The molecular weight excluding hydrogens is 731 g/mol. The van der Waals surface area contributed by atoms with Gasteiger partial charge in [0.15, 0.2) is 15.5 Å². The first-order valence-electron chi connectivity index (χ1n) is 13.1. The van der Waals surface area contributed by atoms with E-state index in [-0.39, 0.29) is 26.6 Å². The standard InChI is InChI=1S/C9H11Cl2N3O.C9H9Cl2N3.C6H7Cl2N3.C3H5ClO/c1-3-7(15)14-8-5(12-2)4-6(10)13-9(8)11;1-3-7-13-8-5(14(7)2)4-6(10)12-9(8)11;1-10-3-2-4(7)11-6(8)5(3)9;1-2-3(4)5/h4H,3H2,1-2H3,(H,12,13)(H,14,15);4H,3H2,1-2H3;2H,9H2,1H3,(H,10,11);2H2,1H3. The summed E-state index contributed by atoms with van der Waals surface area (Å²) in [5.74, 6) is 0.850. The van der Waals surface area contributed by atoms with E-state index in [1.165, 1.54) is 0 Å². The van der Waals surface area contributed by atoms with Gasteiger partial charge >= 0.3 is 0 Å². The fourth-order valence-corrected chi connectivity index (χ4v) is 4.58. The maximum absolute atomic E-state index is 11.2. The lowest BCUT2D eigenvalue weighted by Crippen LogP contribution is -2.12. The van der Waals surface area contributed by atoms with Gasteiger partial charge in [-0.1, -0.05) is 90.4 Å². The Kier molecular flexibility index (Phi) is 17.9. The van der Waals surface area contributed by atoms with Gasteiger partial charge in [0.05, 0.1) is 22.6 Å². The fourth-order valence-electron chi connectivity index (χ4n) is 3.21. The molecule has 0 aliphatic carbocycles. The van der Waals surface area contributed by atoms with E-state index in [4.69, 9.17) is 86.9 Å². The zero-order valence-corrected chi connectivity index (χ0v) is 30.4. The van der Waals surface area contributed by atoms with Gasteiger partial charge in [-0.05, 0) is 11.6 Å². The molecule has 0 aromatic carbocycles. The van der Waals surface area contributed by atoms with Gasteiger partial charge < -0.3 is 26.3 Å². The van der Waals surface area contributed by atoms with Crippen molar-refractivity contribution in [2.24, 2.45) is 7.05 Å². The number of carbonyl (C=O) groups is 2. The van der Waals surface area contributed by atoms with Crippen LogP contribution in [0, 0.1) is 0 Å². The number of amides is 1. The van der Waals surface area contributed by atoms with Gasteiger partial charge in [-0.25, -0.2) is 19.9 Å². The predicted molar refractivity (Wildman–Crippen MR) is 190 cm³/mol. The molecular formula is C27H32Cl7N9O2. The molecule has 0 aliphatic rings. The molecule has 0 aliphatic heterocycles. The van der Waals surface area contributed by atoms with Crippen LogP contribution in [0.4, 0.5) is 22.7 Å². The molecule has 0 radical (unpaired) electrons. The summed E-state index contributed by atoms with van der Waals surface area (Å²) < 4.78 is 1.98. The Bertz CT molecular complexity index is 1620. The normalized spacial score (nSPS) is 9.98. The van der Waals surface area contributed by atoms with E-state index in [0.717, 1.165) is 23.3 Å². The zero-order valence-electron chi connectivity index (χ0n) is 25.1. The summed E-state index contributed by atoms with van der Waals surface area (Å²) in [6.45, 7) is 5.52. The van der Waals surface area contributed by atoms with Crippen molar-refractivity contribution in [1.82, 2.24) is 24.5 Å². The van der Waals surface area contributed by atoms with Crippen molar-refractivity contribution in [2.45, 2.75) is 40.0 Å². The third-order valence-corrected chi connectivity index (χ3v) is 7.20. The molecule has 4 aromatic rings. The molecule has 0 spiro atoms. The Morgan fingerprint density at radius 2 is 1.27 bits per heavy atom. The zero-order chi connectivity index (χ0) is 34.4. The Hall–Kier alpha value is -2.51. The molecule has 0 unspecified atom stereocenters. The monoisotopic (exact) mass is 759 g/mol. The second-order valence-corrected chi connectivity index (χ2v) is 11.2. The molecule has 246 valence electrons. The topological polar surface area (TPSA) is 153 Å². The summed E-state index contributed by atoms with van der Waals surface area (Å²) in [6.07, 6.45) is 1.67. The van der Waals surface area contributed by atoms with E-state index in [9.17, 15) is 9.59 Å². The number of nitrogens with zero attached hydrogens (tertiary/aromatic N) is 5. The summed E-state index contributed by atoms with van der Waals surface area (Å²) >= 11 is 39.4. The molecule has 11 nitrogen and oxygen atoms in total. The number of fused-ring (bicyclic) bond motifs is 1. The lowest BCUT2D eigenvalue weighted by Gasteiger charge is -2.11. The number of anilines is 4. The predicted octanol–water partition coefficient (Wildman–Crippen LogP) is 8.79. The molecule has 0 atom stereocenters. The van der Waals surface area contributed by atoms with Crippen LogP contribution in [0.1, 0.15) is 39.4 Å². The minimum Gasteiger partial charge on any atom is -0.395 e. The summed E-state index contributed by atoms with van der Waals surface area (Å²) in [4.78, 5) is 36.7. The smallest absolute Gasteiger partial charge is 0.224 e. The molecule has 0 saturated carbocycles. The van der Waals surface area contributed by atoms with Crippen molar-refractivity contribution in [3.8, 4) is 0 Å². The van der Waals surface area contributed by atoms with Gasteiger partial charge in [0.1, 0.15) is 32.5 Å². The number of nitrogens with one attached hydrogen (secondary N) is 3. The highest BCUT2D eigenvalue weighted by molar-refractivity contribution is 6.63. The first-order chi connectivity index (χ1) is 21.1. The van der Waals surface area contributed by atoms with Crippen LogP contribution in [0.5, 0.6) is 0 Å². The van der Waals surface area contributed by atoms with E-state index in [1.807, 2.05) is 18.5 Å². The molecule has 0 fully saturated rings. The molecule has 0 saturated heterocycles. The van der Waals surface area contributed by atoms with Crippen LogP contribution in [-0.2, 0) is 23.1 Å².